The molecule has 1 aromatic rings. The zero-order valence-corrected chi connectivity index (χ0v) is 40.6. The quantitative estimate of drug-likeness (QED) is 0.0576. The highest BCUT2D eigenvalue weighted by Gasteiger charge is 2.09. The summed E-state index contributed by atoms with van der Waals surface area (Å²) in [5, 5.41) is 0. The van der Waals surface area contributed by atoms with Crippen LogP contribution < -0.4 is 0 Å². The molecular formula is C58H109. The Morgan fingerprint density at radius 1 is 0.259 bits per heavy atom. The fraction of sp³-hybridized carbons (Fsp3) is 0.879. The van der Waals surface area contributed by atoms with Crippen LogP contribution in [0.5, 0.6) is 0 Å². The summed E-state index contributed by atoms with van der Waals surface area (Å²) in [4.78, 5) is 0. The molecule has 0 aliphatic rings. The van der Waals surface area contributed by atoms with Crippen LogP contribution in [0, 0.1) is 6.92 Å². The van der Waals surface area contributed by atoms with E-state index < -0.39 is 0 Å². The van der Waals surface area contributed by atoms with Crippen molar-refractivity contribution in [3.05, 3.63) is 41.8 Å². The van der Waals surface area contributed by atoms with Crippen molar-refractivity contribution in [2.24, 2.45) is 0 Å². The summed E-state index contributed by atoms with van der Waals surface area (Å²) >= 11 is 0. The second-order valence-corrected chi connectivity index (χ2v) is 19.4. The Balaban J connectivity index is 1.97. The first-order valence-electron chi connectivity index (χ1n) is 27.7. The van der Waals surface area contributed by atoms with Gasteiger partial charge in [-0.1, -0.05) is 315 Å². The molecule has 0 bridgehead atoms. The van der Waals surface area contributed by atoms with E-state index in [1.54, 1.807) is 16.7 Å². The topological polar surface area (TPSA) is 0 Å². The van der Waals surface area contributed by atoms with Crippen LogP contribution in [0.25, 0.3) is 0 Å². The molecule has 0 aromatic heterocycles. The zero-order chi connectivity index (χ0) is 41.5. The highest BCUT2D eigenvalue weighted by molar-refractivity contribution is 5.36. The van der Waals surface area contributed by atoms with E-state index in [9.17, 15) is 0 Å². The van der Waals surface area contributed by atoms with Gasteiger partial charge in [-0.2, -0.15) is 0 Å². The van der Waals surface area contributed by atoms with Crippen molar-refractivity contribution >= 4 is 0 Å². The maximum absolute atomic E-state index is 4.18. The fourth-order valence-electron chi connectivity index (χ4n) is 9.63. The normalized spacial score (nSPS) is 11.6. The first-order chi connectivity index (χ1) is 28.8. The standard InChI is InChI=1S/C58H109/c1-4-7-10-12-14-16-18-20-22-24-26-28-30-32-34-36-38-40-42-44-46-48-51-56-53-50-54-57(58(56)55-9-6-3)52-49-47-45-43-41-39-37-35-33-31-29-27-25-23-21-19-17-15-13-11-8-5-2/h50,53-54H,3-49,51-52,55H2,1-2H3. The van der Waals surface area contributed by atoms with Crippen molar-refractivity contribution < 1.29 is 0 Å². The molecule has 0 saturated heterocycles. The molecule has 0 nitrogen and oxygen atoms in total. The van der Waals surface area contributed by atoms with Crippen molar-refractivity contribution in [2.45, 2.75) is 328 Å². The van der Waals surface area contributed by atoms with Gasteiger partial charge < -0.3 is 0 Å². The van der Waals surface area contributed by atoms with E-state index in [1.165, 1.54) is 308 Å². The molecule has 0 aliphatic heterocycles. The van der Waals surface area contributed by atoms with Gasteiger partial charge in [0.05, 0.1) is 0 Å². The molecule has 341 valence electrons. The minimum Gasteiger partial charge on any atom is -0.0654 e. The van der Waals surface area contributed by atoms with Crippen LogP contribution in [-0.2, 0) is 19.3 Å². The van der Waals surface area contributed by atoms with E-state index in [1.807, 2.05) is 0 Å². The Labute approximate surface area is 368 Å². The molecule has 58 heavy (non-hydrogen) atoms. The van der Waals surface area contributed by atoms with Crippen molar-refractivity contribution in [2.75, 3.05) is 0 Å². The monoisotopic (exact) mass is 806 g/mol. The van der Waals surface area contributed by atoms with E-state index in [0.29, 0.717) is 0 Å². The van der Waals surface area contributed by atoms with Gasteiger partial charge >= 0.3 is 0 Å². The minimum absolute atomic E-state index is 1.06. The van der Waals surface area contributed by atoms with Gasteiger partial charge in [0.15, 0.2) is 0 Å². The van der Waals surface area contributed by atoms with Crippen molar-refractivity contribution in [1.82, 2.24) is 0 Å². The smallest absolute Gasteiger partial charge is 0.0273 e. The number of unbranched alkanes of at least 4 members (excludes halogenated alkanes) is 43. The maximum Gasteiger partial charge on any atom is -0.0273 e. The summed E-state index contributed by atoms with van der Waals surface area (Å²) in [5.74, 6) is 0. The van der Waals surface area contributed by atoms with E-state index >= 15 is 0 Å². The fourth-order valence-corrected chi connectivity index (χ4v) is 9.63. The Kier molecular flexibility index (Phi) is 45.0. The van der Waals surface area contributed by atoms with E-state index in [0.717, 1.165) is 6.42 Å². The average Bonchev–Trinajstić information content (AvgIpc) is 3.24. The van der Waals surface area contributed by atoms with Gasteiger partial charge in [-0.15, -0.1) is 0 Å². The number of aryl methyl sites for hydroxylation is 2. The zero-order valence-electron chi connectivity index (χ0n) is 40.6. The summed E-state index contributed by atoms with van der Waals surface area (Å²) in [5.41, 5.74) is 5.04. The Bertz CT molecular complexity index is 831. The summed E-state index contributed by atoms with van der Waals surface area (Å²) in [6, 6.07) is 7.28. The predicted octanol–water partition coefficient (Wildman–Crippen LogP) is 21.1. The van der Waals surface area contributed by atoms with Crippen molar-refractivity contribution in [3.8, 4) is 0 Å². The van der Waals surface area contributed by atoms with E-state index in [2.05, 4.69) is 39.0 Å². The highest BCUT2D eigenvalue weighted by Crippen LogP contribution is 2.24. The highest BCUT2D eigenvalue weighted by atomic mass is 14.1. The lowest BCUT2D eigenvalue weighted by molar-refractivity contribution is 0.519. The minimum atomic E-state index is 1.06. The molecule has 0 spiro atoms. The summed E-state index contributed by atoms with van der Waals surface area (Å²) < 4.78 is 0. The van der Waals surface area contributed by atoms with Crippen molar-refractivity contribution in [1.29, 1.82) is 0 Å². The first-order valence-corrected chi connectivity index (χ1v) is 27.7. The van der Waals surface area contributed by atoms with Crippen LogP contribution in [0.15, 0.2) is 18.2 Å². The van der Waals surface area contributed by atoms with Gasteiger partial charge in [0.25, 0.3) is 0 Å². The molecule has 1 radical (unpaired) electrons. The molecule has 0 atom stereocenters. The molecule has 0 N–H and O–H groups in total. The predicted molar refractivity (Wildman–Crippen MR) is 267 cm³/mol. The first kappa shape index (κ1) is 55.2. The molecular weight excluding hydrogens is 697 g/mol. The molecule has 0 heterocycles. The van der Waals surface area contributed by atoms with Gasteiger partial charge in [-0.3, -0.25) is 0 Å². The lowest BCUT2D eigenvalue weighted by Crippen LogP contribution is -2.02. The maximum atomic E-state index is 4.18. The van der Waals surface area contributed by atoms with Gasteiger partial charge in [-0.05, 0) is 55.2 Å². The molecule has 1 rings (SSSR count). The van der Waals surface area contributed by atoms with Crippen LogP contribution in [0.4, 0.5) is 0 Å². The third-order valence-corrected chi connectivity index (χ3v) is 13.6. The van der Waals surface area contributed by atoms with E-state index in [-0.39, 0.29) is 0 Å². The lowest BCUT2D eigenvalue weighted by Gasteiger charge is -2.15. The Morgan fingerprint density at radius 2 is 0.466 bits per heavy atom. The molecule has 0 saturated carbocycles. The summed E-state index contributed by atoms with van der Waals surface area (Å²) in [6.07, 6.45) is 70.4. The second kappa shape index (κ2) is 47.3. The molecule has 0 unspecified atom stereocenters. The number of rotatable bonds is 49. The van der Waals surface area contributed by atoms with Crippen molar-refractivity contribution in [3.63, 3.8) is 0 Å². The third-order valence-electron chi connectivity index (χ3n) is 13.6. The molecule has 1 aromatic carbocycles. The van der Waals surface area contributed by atoms with Gasteiger partial charge in [0, 0.05) is 0 Å². The van der Waals surface area contributed by atoms with Crippen LogP contribution >= 0.6 is 0 Å². The van der Waals surface area contributed by atoms with Crippen LogP contribution in [0.2, 0.25) is 0 Å². The summed E-state index contributed by atoms with van der Waals surface area (Å²) in [6.45, 7) is 8.81. The SMILES string of the molecule is [CH2]CCCc1c(CCCCCCCCCCCCCCCCCCCCCCCC)cccc1CCCCCCCCCCCCCCCCCCCCCCCC. The van der Waals surface area contributed by atoms with E-state index in [4.69, 9.17) is 0 Å². The van der Waals surface area contributed by atoms with Crippen LogP contribution in [0.3, 0.4) is 0 Å². The number of benzene rings is 1. The second-order valence-electron chi connectivity index (χ2n) is 19.4. The Morgan fingerprint density at radius 3 is 0.672 bits per heavy atom. The van der Waals surface area contributed by atoms with Gasteiger partial charge in [-0.25, -0.2) is 0 Å². The summed E-state index contributed by atoms with van der Waals surface area (Å²) in [7, 11) is 0. The third kappa shape index (κ3) is 38.2. The lowest BCUT2D eigenvalue weighted by atomic mass is 9.90. The average molecular weight is 807 g/mol. The molecule has 0 fully saturated rings. The number of hydrogen-bond donors (Lipinski definition) is 0. The number of hydrogen-bond acceptors (Lipinski definition) is 0. The van der Waals surface area contributed by atoms with Crippen LogP contribution in [0.1, 0.15) is 326 Å². The largest absolute Gasteiger partial charge is 0.0654 e. The Hall–Kier alpha value is -0.780. The molecule has 0 heteroatoms. The van der Waals surface area contributed by atoms with Gasteiger partial charge in [0.2, 0.25) is 0 Å². The van der Waals surface area contributed by atoms with Gasteiger partial charge in [0.1, 0.15) is 0 Å². The molecule has 0 amide bonds. The van der Waals surface area contributed by atoms with Crippen LogP contribution in [-0.4, -0.2) is 0 Å². The molecule has 0 aliphatic carbocycles.